The number of carbonyl (C=O) groups is 8. The Morgan fingerprint density at radius 1 is 0.574 bits per heavy atom. The summed E-state index contributed by atoms with van der Waals surface area (Å²) in [5, 5.41) is 54.2. The first-order valence-electron chi connectivity index (χ1n) is 16.6. The fraction of sp³-hybridized carbons (Fsp3) is 0.412. The lowest BCUT2D eigenvalue weighted by Crippen LogP contribution is -2.61. The van der Waals surface area contributed by atoms with Gasteiger partial charge in [-0.3, -0.25) is 38.4 Å². The highest BCUT2D eigenvalue weighted by atomic mass is 16.4. The van der Waals surface area contributed by atoms with E-state index in [9.17, 15) is 53.7 Å². The summed E-state index contributed by atoms with van der Waals surface area (Å²) >= 11 is 0. The molecule has 0 aliphatic heterocycles. The molecule has 0 spiro atoms. The van der Waals surface area contributed by atoms with Crippen molar-refractivity contribution in [3.05, 3.63) is 71.8 Å². The normalized spacial score (nSPS) is 14.0. The molecule has 0 unspecified atom stereocenters. The standard InChI is InChI=1S/C34H46N8O12/c1-19(45)29(42-32(52)23(38-26(46)14-35)13-21-10-6-3-7-11-21)34(54)40-22(12-20-8-4-2-5-9-20)30(50)36-15-27(47)39-25(18-44)33(53)41-24(17-43)31(51)37-16-28(48)49/h2-11,19,22-25,29,43-45H,12-18,35H2,1H3,(H,36,50)(H,37,51)(H,38,46)(H,39,47)(H,40,54)(H,41,53)(H,42,52)(H,48,49)/t19-,22+,23+,24+,25+,29+/m1/s1. The smallest absolute Gasteiger partial charge is 0.322 e. The molecule has 7 amide bonds. The van der Waals surface area contributed by atoms with Gasteiger partial charge in [-0.25, -0.2) is 0 Å². The highest BCUT2D eigenvalue weighted by Gasteiger charge is 2.33. The number of benzene rings is 2. The van der Waals surface area contributed by atoms with E-state index in [1.807, 2.05) is 5.32 Å². The average molecular weight is 759 g/mol. The van der Waals surface area contributed by atoms with E-state index >= 15 is 0 Å². The zero-order chi connectivity index (χ0) is 40.2. The first-order chi connectivity index (χ1) is 25.7. The van der Waals surface area contributed by atoms with E-state index in [-0.39, 0.29) is 12.8 Å². The third-order valence-electron chi connectivity index (χ3n) is 7.58. The summed E-state index contributed by atoms with van der Waals surface area (Å²) in [6, 6.07) is 9.61. The Hall–Kier alpha value is -5.96. The molecule has 0 radical (unpaired) electrons. The van der Waals surface area contributed by atoms with Crippen molar-refractivity contribution in [2.75, 3.05) is 32.8 Å². The molecule has 0 bridgehead atoms. The van der Waals surface area contributed by atoms with Crippen molar-refractivity contribution in [1.82, 2.24) is 37.2 Å². The van der Waals surface area contributed by atoms with E-state index < -0.39 is 116 Å². The zero-order valence-corrected chi connectivity index (χ0v) is 29.3. The van der Waals surface area contributed by atoms with Crippen LogP contribution in [0, 0.1) is 0 Å². The van der Waals surface area contributed by atoms with Crippen LogP contribution in [-0.2, 0) is 51.2 Å². The van der Waals surface area contributed by atoms with Gasteiger partial charge in [0.25, 0.3) is 0 Å². The second-order valence-corrected chi connectivity index (χ2v) is 11.9. The Balaban J connectivity index is 2.15. The number of carboxylic acids is 1. The third kappa shape index (κ3) is 15.3. The molecule has 2 rings (SSSR count). The fourth-order valence-electron chi connectivity index (χ4n) is 4.77. The van der Waals surface area contributed by atoms with Gasteiger partial charge >= 0.3 is 5.97 Å². The molecule has 0 saturated carbocycles. The minimum absolute atomic E-state index is 0.0244. The fourth-order valence-corrected chi connectivity index (χ4v) is 4.77. The summed E-state index contributed by atoms with van der Waals surface area (Å²) in [6.07, 6.45) is -1.58. The zero-order valence-electron chi connectivity index (χ0n) is 29.3. The monoisotopic (exact) mass is 758 g/mol. The molecule has 0 heterocycles. The molecular weight excluding hydrogens is 712 g/mol. The summed E-state index contributed by atoms with van der Waals surface area (Å²) in [5.74, 6) is -7.87. The number of aliphatic carboxylic acids is 1. The summed E-state index contributed by atoms with van der Waals surface area (Å²) in [4.78, 5) is 100. The van der Waals surface area contributed by atoms with Gasteiger partial charge in [0.2, 0.25) is 41.4 Å². The molecule has 20 heteroatoms. The van der Waals surface area contributed by atoms with Crippen LogP contribution in [0.25, 0.3) is 0 Å². The maximum absolute atomic E-state index is 13.5. The van der Waals surface area contributed by atoms with Crippen molar-refractivity contribution in [2.24, 2.45) is 5.73 Å². The molecule has 6 atom stereocenters. The van der Waals surface area contributed by atoms with E-state index in [0.29, 0.717) is 11.1 Å². The number of carboxylic acid groups (broad SMARTS) is 1. The first kappa shape index (κ1) is 44.2. The van der Waals surface area contributed by atoms with E-state index in [1.165, 1.54) is 6.92 Å². The molecule has 2 aromatic carbocycles. The largest absolute Gasteiger partial charge is 0.480 e. The second-order valence-electron chi connectivity index (χ2n) is 11.9. The van der Waals surface area contributed by atoms with Gasteiger partial charge in [0.05, 0.1) is 32.4 Å². The Labute approximate surface area is 309 Å². The summed E-state index contributed by atoms with van der Waals surface area (Å²) in [7, 11) is 0. The molecule has 13 N–H and O–H groups in total. The van der Waals surface area contributed by atoms with Crippen LogP contribution < -0.4 is 43.0 Å². The van der Waals surface area contributed by atoms with Gasteiger partial charge in [0.1, 0.15) is 36.8 Å². The van der Waals surface area contributed by atoms with Crippen molar-refractivity contribution in [2.45, 2.75) is 56.1 Å². The summed E-state index contributed by atoms with van der Waals surface area (Å²) < 4.78 is 0. The Morgan fingerprint density at radius 3 is 1.48 bits per heavy atom. The summed E-state index contributed by atoms with van der Waals surface area (Å²) in [6.45, 7) is -2.67. The quantitative estimate of drug-likeness (QED) is 0.0534. The van der Waals surface area contributed by atoms with Gasteiger partial charge in [-0.2, -0.15) is 0 Å². The molecule has 0 aromatic heterocycles. The van der Waals surface area contributed by atoms with Gasteiger partial charge in [-0.1, -0.05) is 60.7 Å². The molecule has 0 saturated heterocycles. The van der Waals surface area contributed by atoms with Gasteiger partial charge in [-0.05, 0) is 18.1 Å². The number of amides is 7. The second kappa shape index (κ2) is 22.9. The average Bonchev–Trinajstić information content (AvgIpc) is 3.15. The number of aliphatic hydroxyl groups is 3. The molecule has 0 aliphatic carbocycles. The Kier molecular flexibility index (Phi) is 18.7. The third-order valence-corrected chi connectivity index (χ3v) is 7.58. The van der Waals surface area contributed by atoms with Crippen molar-refractivity contribution < 1.29 is 58.8 Å². The summed E-state index contributed by atoms with van der Waals surface area (Å²) in [5.41, 5.74) is 6.68. The van der Waals surface area contributed by atoms with Crippen LogP contribution in [-0.4, -0.2) is 137 Å². The van der Waals surface area contributed by atoms with Crippen LogP contribution in [0.2, 0.25) is 0 Å². The van der Waals surface area contributed by atoms with Crippen molar-refractivity contribution in [1.29, 1.82) is 0 Å². The number of nitrogens with one attached hydrogen (secondary N) is 7. The van der Waals surface area contributed by atoms with Crippen molar-refractivity contribution >= 4 is 47.3 Å². The molecule has 2 aromatic rings. The molecular formula is C34H46N8O12. The number of carbonyl (C=O) groups excluding carboxylic acids is 7. The van der Waals surface area contributed by atoms with Crippen LogP contribution in [0.1, 0.15) is 18.1 Å². The van der Waals surface area contributed by atoms with Gasteiger partial charge in [-0.15, -0.1) is 0 Å². The molecule has 20 nitrogen and oxygen atoms in total. The van der Waals surface area contributed by atoms with Gasteiger partial charge in [0, 0.05) is 12.8 Å². The first-order valence-corrected chi connectivity index (χ1v) is 16.6. The highest BCUT2D eigenvalue weighted by molar-refractivity contribution is 5.96. The molecule has 294 valence electrons. The lowest BCUT2D eigenvalue weighted by molar-refractivity contribution is -0.139. The Bertz CT molecular complexity index is 1600. The van der Waals surface area contributed by atoms with E-state index in [4.69, 9.17) is 10.8 Å². The topological polar surface area (TPSA) is 328 Å². The van der Waals surface area contributed by atoms with E-state index in [1.54, 1.807) is 60.7 Å². The van der Waals surface area contributed by atoms with Crippen LogP contribution in [0.3, 0.4) is 0 Å². The minimum atomic E-state index is -1.66. The lowest BCUT2D eigenvalue weighted by atomic mass is 10.0. The Morgan fingerprint density at radius 2 is 1.00 bits per heavy atom. The minimum Gasteiger partial charge on any atom is -0.480 e. The van der Waals surface area contributed by atoms with Crippen molar-refractivity contribution in [3.63, 3.8) is 0 Å². The van der Waals surface area contributed by atoms with Crippen LogP contribution in [0.4, 0.5) is 0 Å². The number of nitrogens with two attached hydrogens (primary N) is 1. The maximum atomic E-state index is 13.5. The molecule has 54 heavy (non-hydrogen) atoms. The number of hydrogen-bond donors (Lipinski definition) is 12. The number of aliphatic hydroxyl groups excluding tert-OH is 3. The van der Waals surface area contributed by atoms with Gasteiger partial charge < -0.3 is 63.4 Å². The predicted molar refractivity (Wildman–Crippen MR) is 189 cm³/mol. The van der Waals surface area contributed by atoms with Gasteiger partial charge in [0.15, 0.2) is 0 Å². The van der Waals surface area contributed by atoms with E-state index in [0.717, 1.165) is 0 Å². The SMILES string of the molecule is C[C@@H](O)[C@H](NC(=O)[C@H](Cc1ccccc1)NC(=O)CN)C(=O)N[C@@H](Cc1ccccc1)C(=O)NCC(=O)N[C@@H](CO)C(=O)N[C@@H](CO)C(=O)NCC(=O)O. The van der Waals surface area contributed by atoms with E-state index in [2.05, 4.69) is 31.9 Å². The predicted octanol–water partition coefficient (Wildman–Crippen LogP) is -5.46. The van der Waals surface area contributed by atoms with Crippen LogP contribution in [0.15, 0.2) is 60.7 Å². The van der Waals surface area contributed by atoms with Crippen molar-refractivity contribution in [3.8, 4) is 0 Å². The van der Waals surface area contributed by atoms with Crippen LogP contribution in [0.5, 0.6) is 0 Å². The number of hydrogen-bond acceptors (Lipinski definition) is 12. The number of rotatable bonds is 22. The maximum Gasteiger partial charge on any atom is 0.322 e. The highest BCUT2D eigenvalue weighted by Crippen LogP contribution is 2.07. The lowest BCUT2D eigenvalue weighted by Gasteiger charge is -2.27. The van der Waals surface area contributed by atoms with Crippen LogP contribution >= 0.6 is 0 Å². The molecule has 0 fully saturated rings. The molecule has 0 aliphatic rings.